The fourth-order valence-electron chi connectivity index (χ4n) is 3.60. The number of nitrogens with one attached hydrogen (secondary N) is 2. The maximum atomic E-state index is 13.1. The van der Waals surface area contributed by atoms with Gasteiger partial charge in [0.25, 0.3) is 11.8 Å². The number of hydrogen-bond donors (Lipinski definition) is 2. The van der Waals surface area contributed by atoms with Crippen LogP contribution in [0.25, 0.3) is 0 Å². The van der Waals surface area contributed by atoms with Crippen LogP contribution in [-0.4, -0.2) is 23.4 Å². The molecule has 1 atom stereocenters. The first kappa shape index (κ1) is 20.3. The van der Waals surface area contributed by atoms with E-state index in [0.717, 1.165) is 5.56 Å². The largest absolute Gasteiger partial charge is 0.445 e. The van der Waals surface area contributed by atoms with Crippen molar-refractivity contribution in [1.82, 2.24) is 0 Å². The summed E-state index contributed by atoms with van der Waals surface area (Å²) < 4.78 is 5.51. The average Bonchev–Trinajstić information content (AvgIpc) is 2.77. The quantitative estimate of drug-likeness (QED) is 0.622. The normalized spacial score (nSPS) is 17.3. The lowest BCUT2D eigenvalue weighted by Gasteiger charge is -2.33. The number of amides is 2. The van der Waals surface area contributed by atoms with Gasteiger partial charge in [-0.25, -0.2) is 4.79 Å². The van der Waals surface area contributed by atoms with Crippen molar-refractivity contribution in [2.45, 2.75) is 25.9 Å². The number of esters is 1. The molecule has 0 aromatic heterocycles. The first-order valence-corrected chi connectivity index (χ1v) is 9.96. The summed E-state index contributed by atoms with van der Waals surface area (Å²) >= 11 is 0. The molecule has 0 bridgehead atoms. The zero-order valence-electron chi connectivity index (χ0n) is 17.3. The molecule has 0 saturated heterocycles. The van der Waals surface area contributed by atoms with E-state index >= 15 is 0 Å². The summed E-state index contributed by atoms with van der Waals surface area (Å²) in [6, 6.07) is 21.3. The van der Waals surface area contributed by atoms with E-state index in [1.54, 1.807) is 68.4 Å². The number of carbonyl (C=O) groups excluding carboxylic acids is 3. The zero-order chi connectivity index (χ0) is 22.0. The Morgan fingerprint density at radius 1 is 0.871 bits per heavy atom. The monoisotopic (exact) mass is 414 g/mol. The van der Waals surface area contributed by atoms with Crippen molar-refractivity contribution < 1.29 is 19.1 Å². The molecule has 0 fully saturated rings. The number of benzene rings is 3. The van der Waals surface area contributed by atoms with Crippen LogP contribution in [0.5, 0.6) is 0 Å². The second-order valence-corrected chi connectivity index (χ2v) is 7.71. The lowest BCUT2D eigenvalue weighted by molar-refractivity contribution is -0.134. The Hall–Kier alpha value is -3.93. The zero-order valence-corrected chi connectivity index (χ0v) is 17.3. The standard InChI is InChI=1S/C25H22N2O4/c1-16-20(26-22(28)17-9-4-3-5-10-17)13-8-14-21(16)27-24(30)25(2)15-18-11-6-7-12-19(18)23(29)31-25/h3-14H,15H2,1-2H3,(H,26,28)(H,27,30). The van der Waals surface area contributed by atoms with Gasteiger partial charge in [0.15, 0.2) is 5.60 Å². The van der Waals surface area contributed by atoms with Gasteiger partial charge in [-0.05, 0) is 55.3 Å². The van der Waals surface area contributed by atoms with E-state index in [-0.39, 0.29) is 12.3 Å². The third-order valence-electron chi connectivity index (χ3n) is 5.43. The number of carbonyl (C=O) groups is 3. The Morgan fingerprint density at radius 3 is 2.26 bits per heavy atom. The van der Waals surface area contributed by atoms with Gasteiger partial charge < -0.3 is 15.4 Å². The summed E-state index contributed by atoms with van der Waals surface area (Å²) in [5, 5.41) is 5.73. The molecule has 156 valence electrons. The van der Waals surface area contributed by atoms with Crippen molar-refractivity contribution in [3.05, 3.63) is 95.1 Å². The molecule has 4 rings (SSSR count). The van der Waals surface area contributed by atoms with Gasteiger partial charge >= 0.3 is 5.97 Å². The highest BCUT2D eigenvalue weighted by molar-refractivity contribution is 6.06. The third kappa shape index (κ3) is 4.05. The Bertz CT molecular complexity index is 1170. The molecule has 0 aliphatic carbocycles. The van der Waals surface area contributed by atoms with Crippen LogP contribution in [0.2, 0.25) is 0 Å². The first-order valence-electron chi connectivity index (χ1n) is 9.96. The molecule has 2 N–H and O–H groups in total. The fourth-order valence-corrected chi connectivity index (χ4v) is 3.60. The molecule has 1 heterocycles. The van der Waals surface area contributed by atoms with Crippen molar-refractivity contribution in [2.24, 2.45) is 0 Å². The first-order chi connectivity index (χ1) is 14.9. The maximum Gasteiger partial charge on any atom is 0.339 e. The predicted octanol–water partition coefficient (Wildman–Crippen LogP) is 4.36. The van der Waals surface area contributed by atoms with E-state index in [4.69, 9.17) is 4.74 Å². The second-order valence-electron chi connectivity index (χ2n) is 7.71. The van der Waals surface area contributed by atoms with Gasteiger partial charge in [-0.2, -0.15) is 0 Å². The molecule has 3 aromatic rings. The number of ether oxygens (including phenoxy) is 1. The van der Waals surface area contributed by atoms with Crippen LogP contribution in [0, 0.1) is 6.92 Å². The van der Waals surface area contributed by atoms with Crippen molar-refractivity contribution in [3.63, 3.8) is 0 Å². The highest BCUT2D eigenvalue weighted by atomic mass is 16.6. The highest BCUT2D eigenvalue weighted by Crippen LogP contribution is 2.31. The van der Waals surface area contributed by atoms with Gasteiger partial charge in [-0.1, -0.05) is 42.5 Å². The molecule has 0 radical (unpaired) electrons. The Morgan fingerprint density at radius 2 is 1.52 bits per heavy atom. The summed E-state index contributed by atoms with van der Waals surface area (Å²) in [5.41, 5.74) is 2.28. The molecule has 6 nitrogen and oxygen atoms in total. The van der Waals surface area contributed by atoms with Crippen LogP contribution in [0.4, 0.5) is 11.4 Å². The summed E-state index contributed by atoms with van der Waals surface area (Å²) in [4.78, 5) is 38.0. The minimum Gasteiger partial charge on any atom is -0.445 e. The lowest BCUT2D eigenvalue weighted by atomic mass is 9.89. The van der Waals surface area contributed by atoms with E-state index in [0.29, 0.717) is 28.1 Å². The molecule has 31 heavy (non-hydrogen) atoms. The van der Waals surface area contributed by atoms with Crippen LogP contribution in [0.15, 0.2) is 72.8 Å². The van der Waals surface area contributed by atoms with Crippen LogP contribution >= 0.6 is 0 Å². The maximum absolute atomic E-state index is 13.1. The minimum absolute atomic E-state index is 0.239. The SMILES string of the molecule is Cc1c(NC(=O)c2ccccc2)cccc1NC(=O)C1(C)Cc2ccccc2C(=O)O1. The van der Waals surface area contributed by atoms with Crippen LogP contribution in [0.1, 0.15) is 38.8 Å². The van der Waals surface area contributed by atoms with E-state index in [1.807, 2.05) is 18.2 Å². The number of fused-ring (bicyclic) bond motifs is 1. The summed E-state index contributed by atoms with van der Waals surface area (Å²) in [7, 11) is 0. The number of rotatable bonds is 4. The summed E-state index contributed by atoms with van der Waals surface area (Å²) in [5.74, 6) is -1.18. The van der Waals surface area contributed by atoms with Crippen molar-refractivity contribution in [1.29, 1.82) is 0 Å². The Balaban J connectivity index is 1.53. The van der Waals surface area contributed by atoms with Gasteiger partial charge in [-0.15, -0.1) is 0 Å². The molecule has 3 aromatic carbocycles. The fraction of sp³-hybridized carbons (Fsp3) is 0.160. The van der Waals surface area contributed by atoms with Gasteiger partial charge in [0, 0.05) is 23.4 Å². The van der Waals surface area contributed by atoms with Crippen LogP contribution in [0.3, 0.4) is 0 Å². The summed E-state index contributed by atoms with van der Waals surface area (Å²) in [6.07, 6.45) is 0.282. The second kappa shape index (κ2) is 8.07. The number of anilines is 2. The van der Waals surface area contributed by atoms with Crippen LogP contribution in [-0.2, 0) is 16.0 Å². The Kier molecular flexibility index (Phi) is 5.29. The summed E-state index contributed by atoms with van der Waals surface area (Å²) in [6.45, 7) is 3.41. The molecular formula is C25H22N2O4. The van der Waals surface area contributed by atoms with E-state index in [9.17, 15) is 14.4 Å². The smallest absolute Gasteiger partial charge is 0.339 e. The van der Waals surface area contributed by atoms with E-state index in [2.05, 4.69) is 10.6 Å². The average molecular weight is 414 g/mol. The molecule has 0 spiro atoms. The molecule has 1 aliphatic rings. The molecule has 1 aliphatic heterocycles. The number of cyclic esters (lactones) is 1. The van der Waals surface area contributed by atoms with Crippen LogP contribution < -0.4 is 10.6 Å². The predicted molar refractivity (Wildman–Crippen MR) is 118 cm³/mol. The van der Waals surface area contributed by atoms with Gasteiger partial charge in [-0.3, -0.25) is 9.59 Å². The minimum atomic E-state index is -1.33. The molecule has 2 amide bonds. The Labute approximate surface area is 180 Å². The van der Waals surface area contributed by atoms with Gasteiger partial charge in [0.05, 0.1) is 5.56 Å². The van der Waals surface area contributed by atoms with Gasteiger partial charge in [0.1, 0.15) is 0 Å². The lowest BCUT2D eigenvalue weighted by Crippen LogP contribution is -2.49. The number of hydrogen-bond acceptors (Lipinski definition) is 4. The van der Waals surface area contributed by atoms with E-state index < -0.39 is 17.5 Å². The highest BCUT2D eigenvalue weighted by Gasteiger charge is 2.42. The molecule has 6 heteroatoms. The third-order valence-corrected chi connectivity index (χ3v) is 5.43. The van der Waals surface area contributed by atoms with Crippen molar-refractivity contribution in [3.8, 4) is 0 Å². The molecular weight excluding hydrogens is 392 g/mol. The van der Waals surface area contributed by atoms with E-state index in [1.165, 1.54) is 0 Å². The van der Waals surface area contributed by atoms with Crippen molar-refractivity contribution >= 4 is 29.2 Å². The topological polar surface area (TPSA) is 84.5 Å². The van der Waals surface area contributed by atoms with Crippen molar-refractivity contribution in [2.75, 3.05) is 10.6 Å². The molecule has 1 unspecified atom stereocenters. The van der Waals surface area contributed by atoms with Gasteiger partial charge in [0.2, 0.25) is 0 Å². The molecule has 0 saturated carbocycles.